The van der Waals surface area contributed by atoms with Crippen LogP contribution in [0.2, 0.25) is 0 Å². The van der Waals surface area contributed by atoms with Crippen molar-refractivity contribution in [2.45, 2.75) is 18.9 Å². The lowest BCUT2D eigenvalue weighted by Crippen LogP contribution is -2.33. The topological polar surface area (TPSA) is 40.2 Å². The first kappa shape index (κ1) is 16.1. The van der Waals surface area contributed by atoms with Crippen LogP contribution in [-0.2, 0) is 12.8 Å². The van der Waals surface area contributed by atoms with Gasteiger partial charge < -0.3 is 18.9 Å². The fraction of sp³-hybridized carbons (Fsp3) is 0.400. The molecule has 2 aliphatic heterocycles. The molecule has 0 saturated carbocycles. The molecule has 0 bridgehead atoms. The SMILES string of the molecule is COc1ccc2c(c1OC)Oc1c(OC)ccc3c1C(C2)N(C)CC3. The second kappa shape index (κ2) is 6.15. The molecule has 5 nitrogen and oxygen atoms in total. The summed E-state index contributed by atoms with van der Waals surface area (Å²) >= 11 is 0. The number of ether oxygens (including phenoxy) is 4. The van der Waals surface area contributed by atoms with Gasteiger partial charge in [-0.1, -0.05) is 12.1 Å². The summed E-state index contributed by atoms with van der Waals surface area (Å²) in [6, 6.07) is 8.42. The molecule has 132 valence electrons. The van der Waals surface area contributed by atoms with Gasteiger partial charge in [0, 0.05) is 23.7 Å². The van der Waals surface area contributed by atoms with E-state index in [1.165, 1.54) is 11.1 Å². The third kappa shape index (κ3) is 2.42. The highest BCUT2D eigenvalue weighted by molar-refractivity contribution is 5.63. The van der Waals surface area contributed by atoms with E-state index in [1.54, 1.807) is 21.3 Å². The third-order valence-electron chi connectivity index (χ3n) is 5.27. The van der Waals surface area contributed by atoms with Gasteiger partial charge in [0.15, 0.2) is 23.0 Å². The number of nitrogens with zero attached hydrogens (tertiary/aromatic N) is 1. The highest BCUT2D eigenvalue weighted by atomic mass is 16.5. The van der Waals surface area contributed by atoms with Crippen molar-refractivity contribution < 1.29 is 18.9 Å². The fourth-order valence-electron chi connectivity index (χ4n) is 3.92. The smallest absolute Gasteiger partial charge is 0.204 e. The summed E-state index contributed by atoms with van der Waals surface area (Å²) in [4.78, 5) is 2.39. The van der Waals surface area contributed by atoms with E-state index in [0.717, 1.165) is 42.2 Å². The van der Waals surface area contributed by atoms with Crippen molar-refractivity contribution >= 4 is 0 Å². The summed E-state index contributed by atoms with van der Waals surface area (Å²) in [5, 5.41) is 0. The van der Waals surface area contributed by atoms with Crippen molar-refractivity contribution in [2.24, 2.45) is 0 Å². The molecular formula is C20H23NO4. The minimum Gasteiger partial charge on any atom is -0.493 e. The molecule has 2 aromatic rings. The molecule has 1 unspecified atom stereocenters. The van der Waals surface area contributed by atoms with Crippen molar-refractivity contribution in [3.8, 4) is 28.7 Å². The average Bonchev–Trinajstić information content (AvgIpc) is 2.82. The molecule has 5 heteroatoms. The first-order valence-electron chi connectivity index (χ1n) is 8.49. The molecule has 2 heterocycles. The van der Waals surface area contributed by atoms with Crippen LogP contribution < -0.4 is 18.9 Å². The van der Waals surface area contributed by atoms with Gasteiger partial charge in [0.25, 0.3) is 0 Å². The van der Waals surface area contributed by atoms with E-state index in [2.05, 4.69) is 24.1 Å². The zero-order chi connectivity index (χ0) is 17.6. The quantitative estimate of drug-likeness (QED) is 0.853. The van der Waals surface area contributed by atoms with Crippen molar-refractivity contribution in [1.29, 1.82) is 0 Å². The van der Waals surface area contributed by atoms with Crippen LogP contribution in [0.1, 0.15) is 22.7 Å². The van der Waals surface area contributed by atoms with Crippen LogP contribution in [0.25, 0.3) is 0 Å². The molecule has 2 aliphatic rings. The Bertz CT molecular complexity index is 818. The van der Waals surface area contributed by atoms with Crippen LogP contribution in [-0.4, -0.2) is 39.8 Å². The van der Waals surface area contributed by atoms with Gasteiger partial charge in [0.1, 0.15) is 0 Å². The molecule has 25 heavy (non-hydrogen) atoms. The Morgan fingerprint density at radius 1 is 0.920 bits per heavy atom. The predicted molar refractivity (Wildman–Crippen MR) is 95.4 cm³/mol. The van der Waals surface area contributed by atoms with E-state index in [4.69, 9.17) is 18.9 Å². The van der Waals surface area contributed by atoms with Gasteiger partial charge in [0.05, 0.1) is 21.3 Å². The number of likely N-dealkylation sites (N-methyl/N-ethyl adjacent to an activating group) is 1. The molecule has 0 radical (unpaired) electrons. The lowest BCUT2D eigenvalue weighted by molar-refractivity contribution is 0.228. The van der Waals surface area contributed by atoms with Crippen LogP contribution in [0.3, 0.4) is 0 Å². The molecule has 0 amide bonds. The molecule has 0 aliphatic carbocycles. The Hall–Kier alpha value is -2.40. The van der Waals surface area contributed by atoms with Gasteiger partial charge in [-0.3, -0.25) is 4.90 Å². The standard InChI is InChI=1S/C20H23NO4/c1-21-10-9-12-5-7-15(22-2)19-17(12)14(21)11-13-6-8-16(23-3)20(24-4)18(13)25-19/h5-8,14H,9-11H2,1-4H3. The maximum Gasteiger partial charge on any atom is 0.204 e. The summed E-state index contributed by atoms with van der Waals surface area (Å²) in [5.41, 5.74) is 3.67. The van der Waals surface area contributed by atoms with Crippen molar-refractivity contribution in [3.05, 3.63) is 41.0 Å². The van der Waals surface area contributed by atoms with E-state index < -0.39 is 0 Å². The summed E-state index contributed by atoms with van der Waals surface area (Å²) in [7, 11) is 7.13. The molecule has 0 saturated heterocycles. The third-order valence-corrected chi connectivity index (χ3v) is 5.27. The average molecular weight is 341 g/mol. The number of hydrogen-bond acceptors (Lipinski definition) is 5. The second-order valence-electron chi connectivity index (χ2n) is 6.51. The van der Waals surface area contributed by atoms with E-state index in [1.807, 2.05) is 12.1 Å². The van der Waals surface area contributed by atoms with Crippen LogP contribution >= 0.6 is 0 Å². The van der Waals surface area contributed by atoms with Gasteiger partial charge >= 0.3 is 0 Å². The number of benzene rings is 2. The van der Waals surface area contributed by atoms with E-state index in [0.29, 0.717) is 11.5 Å². The maximum atomic E-state index is 6.43. The highest BCUT2D eigenvalue weighted by Gasteiger charge is 2.35. The highest BCUT2D eigenvalue weighted by Crippen LogP contribution is 2.52. The summed E-state index contributed by atoms with van der Waals surface area (Å²) in [6.45, 7) is 1.03. The molecule has 4 rings (SSSR count). The lowest BCUT2D eigenvalue weighted by atomic mass is 9.88. The van der Waals surface area contributed by atoms with Crippen LogP contribution in [0.4, 0.5) is 0 Å². The molecule has 0 spiro atoms. The molecular weight excluding hydrogens is 318 g/mol. The molecule has 0 N–H and O–H groups in total. The van der Waals surface area contributed by atoms with E-state index >= 15 is 0 Å². The van der Waals surface area contributed by atoms with Crippen molar-refractivity contribution in [2.75, 3.05) is 34.9 Å². The first-order valence-corrected chi connectivity index (χ1v) is 8.49. The van der Waals surface area contributed by atoms with Crippen LogP contribution in [0, 0.1) is 0 Å². The maximum absolute atomic E-state index is 6.43. The Morgan fingerprint density at radius 2 is 1.64 bits per heavy atom. The van der Waals surface area contributed by atoms with Crippen LogP contribution in [0.15, 0.2) is 24.3 Å². The van der Waals surface area contributed by atoms with E-state index in [9.17, 15) is 0 Å². The van der Waals surface area contributed by atoms with Gasteiger partial charge in [-0.2, -0.15) is 0 Å². The van der Waals surface area contributed by atoms with Crippen molar-refractivity contribution in [1.82, 2.24) is 4.90 Å². The Kier molecular flexibility index (Phi) is 3.96. The first-order chi connectivity index (χ1) is 12.2. The number of methoxy groups -OCH3 is 3. The second-order valence-corrected chi connectivity index (χ2v) is 6.51. The van der Waals surface area contributed by atoms with Gasteiger partial charge in [0.2, 0.25) is 5.75 Å². The van der Waals surface area contributed by atoms with Gasteiger partial charge in [-0.15, -0.1) is 0 Å². The summed E-state index contributed by atoms with van der Waals surface area (Å²) < 4.78 is 23.1. The van der Waals surface area contributed by atoms with Gasteiger partial charge in [-0.05, 0) is 37.6 Å². The monoisotopic (exact) mass is 341 g/mol. The lowest BCUT2D eigenvalue weighted by Gasteiger charge is -2.34. The zero-order valence-corrected chi connectivity index (χ0v) is 15.1. The number of rotatable bonds is 3. The Balaban J connectivity index is 1.97. The Labute approximate surface area is 148 Å². The normalized spacial score (nSPS) is 18.5. The minimum absolute atomic E-state index is 0.258. The molecule has 2 aromatic carbocycles. The molecule has 0 aromatic heterocycles. The minimum atomic E-state index is 0.258. The fourth-order valence-corrected chi connectivity index (χ4v) is 3.92. The van der Waals surface area contributed by atoms with E-state index in [-0.39, 0.29) is 6.04 Å². The summed E-state index contributed by atoms with van der Waals surface area (Å²) in [5.74, 6) is 3.55. The molecule has 1 atom stereocenters. The summed E-state index contributed by atoms with van der Waals surface area (Å²) in [6.07, 6.45) is 1.87. The Morgan fingerprint density at radius 3 is 2.36 bits per heavy atom. The number of hydrogen-bond donors (Lipinski definition) is 0. The predicted octanol–water partition coefficient (Wildman–Crippen LogP) is 3.59. The van der Waals surface area contributed by atoms with Gasteiger partial charge in [-0.25, -0.2) is 0 Å². The zero-order valence-electron chi connectivity index (χ0n) is 15.1. The number of fused-ring (bicyclic) bond motifs is 1. The molecule has 0 fully saturated rings. The van der Waals surface area contributed by atoms with Crippen molar-refractivity contribution in [3.63, 3.8) is 0 Å². The van der Waals surface area contributed by atoms with Crippen LogP contribution in [0.5, 0.6) is 28.7 Å². The largest absolute Gasteiger partial charge is 0.493 e.